The van der Waals surface area contributed by atoms with Crippen LogP contribution in [0.2, 0.25) is 0 Å². The summed E-state index contributed by atoms with van der Waals surface area (Å²) in [6.45, 7) is 7.16. The fourth-order valence-corrected chi connectivity index (χ4v) is 5.53. The van der Waals surface area contributed by atoms with E-state index in [1.807, 2.05) is 18.2 Å². The van der Waals surface area contributed by atoms with Gasteiger partial charge in [-0.1, -0.05) is 121 Å². The van der Waals surface area contributed by atoms with E-state index in [2.05, 4.69) is 47.1 Å². The van der Waals surface area contributed by atoms with Crippen molar-refractivity contribution in [2.24, 2.45) is 0 Å². The molecule has 0 saturated heterocycles. The Labute approximate surface area is 268 Å². The van der Waals surface area contributed by atoms with Crippen LogP contribution in [0.15, 0.2) is 52.2 Å². The van der Waals surface area contributed by atoms with Gasteiger partial charge in [0.1, 0.15) is 0 Å². The van der Waals surface area contributed by atoms with E-state index in [1.165, 1.54) is 93.2 Å². The van der Waals surface area contributed by atoms with Crippen LogP contribution in [0, 0.1) is 0 Å². The normalized spacial score (nSPS) is 13.3. The highest BCUT2D eigenvalue weighted by molar-refractivity contribution is 5.13. The zero-order valence-electron chi connectivity index (χ0n) is 28.8. The van der Waals surface area contributed by atoms with E-state index >= 15 is 0 Å². The molecule has 7 heteroatoms. The highest BCUT2D eigenvalue weighted by Gasteiger charge is 2.19. The van der Waals surface area contributed by atoms with Crippen molar-refractivity contribution in [3.63, 3.8) is 0 Å². The molecule has 0 spiro atoms. The van der Waals surface area contributed by atoms with Gasteiger partial charge in [0.25, 0.3) is 5.56 Å². The molecule has 2 atom stereocenters. The third-order valence-electron chi connectivity index (χ3n) is 8.48. The smallest absolute Gasteiger partial charge is 0.331 e. The van der Waals surface area contributed by atoms with Gasteiger partial charge in [-0.3, -0.25) is 9.36 Å². The molecule has 44 heavy (non-hydrogen) atoms. The van der Waals surface area contributed by atoms with Crippen molar-refractivity contribution in [2.45, 2.75) is 142 Å². The van der Waals surface area contributed by atoms with Gasteiger partial charge in [0.15, 0.2) is 0 Å². The summed E-state index contributed by atoms with van der Waals surface area (Å²) in [7, 11) is 6.18. The van der Waals surface area contributed by atoms with Gasteiger partial charge in [0, 0.05) is 25.4 Å². The monoisotopic (exact) mass is 614 g/mol. The Morgan fingerprint density at radius 3 is 1.91 bits per heavy atom. The molecule has 0 aliphatic heterocycles. The number of aryl methyl sites for hydroxylation is 1. The molecule has 0 aliphatic carbocycles. The summed E-state index contributed by atoms with van der Waals surface area (Å²) in [6.07, 6.45) is 20.7. The van der Waals surface area contributed by atoms with E-state index in [0.717, 1.165) is 12.8 Å². The second-order valence-electron chi connectivity index (χ2n) is 13.6. The number of rotatable bonds is 26. The predicted molar refractivity (Wildman–Crippen MR) is 183 cm³/mol. The van der Waals surface area contributed by atoms with Crippen LogP contribution in [-0.4, -0.2) is 60.1 Å². The number of nitrogens with zero attached hydrogens (tertiary/aromatic N) is 3. The lowest BCUT2D eigenvalue weighted by Gasteiger charge is -2.25. The molecule has 1 aromatic carbocycles. The van der Waals surface area contributed by atoms with Crippen LogP contribution in [0.4, 0.5) is 0 Å². The lowest BCUT2D eigenvalue weighted by atomic mass is 10.0. The summed E-state index contributed by atoms with van der Waals surface area (Å²) < 4.78 is 16.3. The first-order valence-corrected chi connectivity index (χ1v) is 17.6. The quantitative estimate of drug-likeness (QED) is 0.0810. The summed E-state index contributed by atoms with van der Waals surface area (Å²) >= 11 is 0. The standard InChI is InChI=1S/C37H64N3O4/c1-6-7-8-9-10-11-12-13-14-15-16-17-21-25-35(33(2)44-32-34-23-19-18-20-24-34)43-31-22-27-38-28-26-36(41)39(37(38)42)29-30-40(3,4)5/h18-20,23-24,26,28,33,35H,6-17,21-22,25,27,29-32H2,1-5H3/q+1. The second kappa shape index (κ2) is 22.3. The zero-order valence-corrected chi connectivity index (χ0v) is 28.8. The molecular formula is C37H64N3O4+. The largest absolute Gasteiger partial charge is 0.375 e. The number of benzene rings is 1. The average Bonchev–Trinajstić information content (AvgIpc) is 3.00. The van der Waals surface area contributed by atoms with E-state index in [1.54, 1.807) is 10.8 Å². The van der Waals surface area contributed by atoms with Crippen LogP contribution < -0.4 is 11.2 Å². The van der Waals surface area contributed by atoms with Gasteiger partial charge in [-0.05, 0) is 25.3 Å². The number of likely N-dealkylation sites (N-methyl/N-ethyl adjacent to an activating group) is 1. The summed E-state index contributed by atoms with van der Waals surface area (Å²) in [5.41, 5.74) is 0.686. The SMILES string of the molecule is CCCCCCCCCCCCCCCC(OCCCn1ccc(=O)n(CC[N+](C)(C)C)c1=O)C(C)OCc1ccccc1. The summed E-state index contributed by atoms with van der Waals surface area (Å²) in [5, 5.41) is 0. The average molecular weight is 615 g/mol. The minimum atomic E-state index is -0.242. The van der Waals surface area contributed by atoms with E-state index in [4.69, 9.17) is 9.47 Å². The molecule has 0 saturated carbocycles. The van der Waals surface area contributed by atoms with Crippen LogP contribution >= 0.6 is 0 Å². The van der Waals surface area contributed by atoms with Crippen molar-refractivity contribution >= 4 is 0 Å². The highest BCUT2D eigenvalue weighted by Crippen LogP contribution is 2.18. The molecule has 0 bridgehead atoms. The minimum Gasteiger partial charge on any atom is -0.375 e. The van der Waals surface area contributed by atoms with Gasteiger partial charge in [0.2, 0.25) is 0 Å². The van der Waals surface area contributed by atoms with Crippen molar-refractivity contribution in [1.29, 1.82) is 0 Å². The van der Waals surface area contributed by atoms with Crippen molar-refractivity contribution < 1.29 is 14.0 Å². The van der Waals surface area contributed by atoms with Gasteiger partial charge in [-0.15, -0.1) is 0 Å². The fourth-order valence-electron chi connectivity index (χ4n) is 5.53. The third-order valence-corrected chi connectivity index (χ3v) is 8.48. The van der Waals surface area contributed by atoms with E-state index < -0.39 is 0 Å². The predicted octanol–water partition coefficient (Wildman–Crippen LogP) is 7.58. The topological polar surface area (TPSA) is 62.5 Å². The number of aromatic nitrogens is 2. The van der Waals surface area contributed by atoms with Gasteiger partial charge in [-0.2, -0.15) is 0 Å². The molecule has 0 radical (unpaired) electrons. The number of quaternary nitrogens is 1. The lowest BCUT2D eigenvalue weighted by Crippen LogP contribution is -2.45. The second-order valence-corrected chi connectivity index (χ2v) is 13.6. The molecular weight excluding hydrogens is 550 g/mol. The maximum absolute atomic E-state index is 13.0. The van der Waals surface area contributed by atoms with Crippen LogP contribution in [0.5, 0.6) is 0 Å². The van der Waals surface area contributed by atoms with E-state index in [0.29, 0.717) is 43.8 Å². The molecule has 2 aromatic rings. The Bertz CT molecular complexity index is 1110. The van der Waals surface area contributed by atoms with Crippen LogP contribution in [0.3, 0.4) is 0 Å². The maximum Gasteiger partial charge on any atom is 0.331 e. The number of hydrogen-bond donors (Lipinski definition) is 0. The molecule has 1 heterocycles. The molecule has 2 rings (SSSR count). The Morgan fingerprint density at radius 1 is 0.727 bits per heavy atom. The number of unbranched alkanes of at least 4 members (excludes halogenated alkanes) is 12. The Balaban J connectivity index is 1.77. The molecule has 0 amide bonds. The lowest BCUT2D eigenvalue weighted by molar-refractivity contribution is -0.871. The number of hydrogen-bond acceptors (Lipinski definition) is 4. The molecule has 0 aliphatic rings. The molecule has 250 valence electrons. The molecule has 7 nitrogen and oxygen atoms in total. The van der Waals surface area contributed by atoms with Crippen LogP contribution in [0.25, 0.3) is 0 Å². The summed E-state index contributed by atoms with van der Waals surface area (Å²) in [5.74, 6) is 0. The van der Waals surface area contributed by atoms with Gasteiger partial charge >= 0.3 is 5.69 Å². The van der Waals surface area contributed by atoms with Gasteiger partial charge in [-0.25, -0.2) is 4.79 Å². The Hall–Kier alpha value is -2.22. The van der Waals surface area contributed by atoms with Crippen molar-refractivity contribution in [3.8, 4) is 0 Å². The molecule has 0 fully saturated rings. The first-order valence-electron chi connectivity index (χ1n) is 17.6. The number of ether oxygens (including phenoxy) is 2. The first-order chi connectivity index (χ1) is 21.2. The summed E-state index contributed by atoms with van der Waals surface area (Å²) in [4.78, 5) is 25.3. The van der Waals surface area contributed by atoms with Crippen molar-refractivity contribution in [3.05, 3.63) is 69.0 Å². The fraction of sp³-hybridized carbons (Fsp3) is 0.730. The van der Waals surface area contributed by atoms with Crippen LogP contribution in [-0.2, 0) is 29.2 Å². The Morgan fingerprint density at radius 2 is 1.32 bits per heavy atom. The van der Waals surface area contributed by atoms with Gasteiger partial charge in [0.05, 0.1) is 53.0 Å². The first kappa shape index (κ1) is 38.0. The third kappa shape index (κ3) is 16.7. The molecule has 0 N–H and O–H groups in total. The van der Waals surface area contributed by atoms with Gasteiger partial charge < -0.3 is 18.5 Å². The highest BCUT2D eigenvalue weighted by atomic mass is 16.5. The minimum absolute atomic E-state index is 0.0154. The Kier molecular flexibility index (Phi) is 19.3. The molecule has 2 unspecified atom stereocenters. The molecule has 1 aromatic heterocycles. The summed E-state index contributed by atoms with van der Waals surface area (Å²) in [6, 6.07) is 11.8. The van der Waals surface area contributed by atoms with E-state index in [9.17, 15) is 9.59 Å². The van der Waals surface area contributed by atoms with Crippen LogP contribution in [0.1, 0.15) is 116 Å². The maximum atomic E-state index is 13.0. The van der Waals surface area contributed by atoms with Crippen molar-refractivity contribution in [2.75, 3.05) is 34.3 Å². The van der Waals surface area contributed by atoms with E-state index in [-0.39, 0.29) is 23.5 Å². The zero-order chi connectivity index (χ0) is 32.0. The van der Waals surface area contributed by atoms with Crippen molar-refractivity contribution in [1.82, 2.24) is 9.13 Å².